The third kappa shape index (κ3) is 8.27. The predicted octanol–water partition coefficient (Wildman–Crippen LogP) is 6.13. The van der Waals surface area contributed by atoms with Gasteiger partial charge in [-0.05, 0) is 91.6 Å². The van der Waals surface area contributed by atoms with Gasteiger partial charge in [-0.15, -0.1) is 0 Å². The highest BCUT2D eigenvalue weighted by Gasteiger charge is 2.37. The predicted molar refractivity (Wildman–Crippen MR) is 230 cm³/mol. The highest BCUT2D eigenvalue weighted by atomic mass is 16.5. The van der Waals surface area contributed by atoms with E-state index in [9.17, 15) is 19.2 Å². The van der Waals surface area contributed by atoms with Crippen molar-refractivity contribution in [2.75, 3.05) is 27.3 Å². The van der Waals surface area contributed by atoms with E-state index in [0.29, 0.717) is 32.4 Å². The van der Waals surface area contributed by atoms with E-state index in [1.54, 1.807) is 26.6 Å². The molecule has 14 nitrogen and oxygen atoms in total. The standard InChI is InChI=1S/C46H58N8O6/c1-10-53-39-16-15-29-20-33(39)34(42(53)32-13-11-17-47-40(32)27(4)59-9)23-46(6,7)25-60-45(58)36-14-12-18-54(51-36)44(57)38(49-43(56)41(26(2)3)52(8)28(5)55)22-31-19-30(29)21-37-35(31)24-48-50-37/h11,13,15-17,19-21,24,26-27,36,38,41,51H,10,12,14,18,22-23,25H2,1-9H3,(H,48,50)(H,49,56)/t27-,36-,38-,41-/m0/s1. The number of hydrogen-bond donors (Lipinski definition) is 3. The van der Waals surface area contributed by atoms with Crippen molar-refractivity contribution in [3.63, 3.8) is 0 Å². The van der Waals surface area contributed by atoms with Crippen LogP contribution < -0.4 is 10.7 Å². The Labute approximate surface area is 351 Å². The third-order valence-electron chi connectivity index (χ3n) is 12.1. The number of likely N-dealkylation sites (N-methyl/N-ethyl adjacent to an activating group) is 1. The molecule has 0 saturated carbocycles. The van der Waals surface area contributed by atoms with Gasteiger partial charge in [0.15, 0.2) is 0 Å². The van der Waals surface area contributed by atoms with Crippen molar-refractivity contribution in [2.24, 2.45) is 11.3 Å². The van der Waals surface area contributed by atoms with Gasteiger partial charge in [-0.1, -0.05) is 39.8 Å². The molecule has 14 heteroatoms. The Balaban J connectivity index is 1.43. The van der Waals surface area contributed by atoms with Gasteiger partial charge in [-0.3, -0.25) is 34.3 Å². The molecule has 318 valence electrons. The Morgan fingerprint density at radius 1 is 1.10 bits per heavy atom. The number of nitrogens with zero attached hydrogens (tertiary/aromatic N) is 5. The molecule has 0 radical (unpaired) electrons. The van der Waals surface area contributed by atoms with Crippen LogP contribution in [0, 0.1) is 11.3 Å². The molecule has 5 heterocycles. The zero-order valence-corrected chi connectivity index (χ0v) is 36.2. The number of hydrazine groups is 1. The maximum atomic E-state index is 14.6. The second-order valence-electron chi connectivity index (χ2n) is 17.4. The minimum Gasteiger partial charge on any atom is -0.464 e. The summed E-state index contributed by atoms with van der Waals surface area (Å²) in [5.41, 5.74) is 11.1. The van der Waals surface area contributed by atoms with E-state index in [0.717, 1.165) is 61.0 Å². The minimum absolute atomic E-state index is 0.121. The Hall–Kier alpha value is -5.60. The van der Waals surface area contributed by atoms with Gasteiger partial charge in [-0.25, -0.2) is 5.43 Å². The minimum atomic E-state index is -1.05. The quantitative estimate of drug-likeness (QED) is 0.157. The lowest BCUT2D eigenvalue weighted by molar-refractivity contribution is -0.155. The summed E-state index contributed by atoms with van der Waals surface area (Å²) in [5.74, 6) is -1.77. The number of aromatic amines is 1. The number of ether oxygens (including phenoxy) is 2. The van der Waals surface area contributed by atoms with E-state index in [4.69, 9.17) is 14.5 Å². The molecule has 4 atom stereocenters. The smallest absolute Gasteiger partial charge is 0.324 e. The summed E-state index contributed by atoms with van der Waals surface area (Å²) in [6, 6.07) is 12.1. The van der Waals surface area contributed by atoms with E-state index in [1.807, 2.05) is 26.8 Å². The normalized spacial score (nSPS) is 19.5. The van der Waals surface area contributed by atoms with Crippen molar-refractivity contribution in [2.45, 2.75) is 105 Å². The van der Waals surface area contributed by atoms with Crippen LogP contribution in [0.3, 0.4) is 0 Å². The van der Waals surface area contributed by atoms with Gasteiger partial charge in [0, 0.05) is 74.1 Å². The van der Waals surface area contributed by atoms with Crippen molar-refractivity contribution < 1.29 is 28.7 Å². The third-order valence-corrected chi connectivity index (χ3v) is 12.1. The molecule has 1 fully saturated rings. The molecule has 1 saturated heterocycles. The fraction of sp³-hybridized carbons (Fsp3) is 0.478. The van der Waals surface area contributed by atoms with Gasteiger partial charge in [-0.2, -0.15) is 5.10 Å². The Bertz CT molecular complexity index is 2430. The van der Waals surface area contributed by atoms with Crippen molar-refractivity contribution in [1.29, 1.82) is 0 Å². The molecule has 6 bridgehead atoms. The van der Waals surface area contributed by atoms with Gasteiger partial charge >= 0.3 is 5.97 Å². The number of hydrogen-bond acceptors (Lipinski definition) is 9. The summed E-state index contributed by atoms with van der Waals surface area (Å²) < 4.78 is 14.3. The second-order valence-corrected chi connectivity index (χ2v) is 17.4. The average Bonchev–Trinajstić information content (AvgIpc) is 3.83. The fourth-order valence-electron chi connectivity index (χ4n) is 8.93. The van der Waals surface area contributed by atoms with Gasteiger partial charge in [0.25, 0.3) is 5.91 Å². The number of H-pyrrole nitrogens is 1. The number of carbonyl (C=O) groups is 4. The molecular weight excluding hydrogens is 761 g/mol. The first-order valence-corrected chi connectivity index (χ1v) is 21.0. The van der Waals surface area contributed by atoms with Crippen LogP contribution in [-0.2, 0) is 48.0 Å². The van der Waals surface area contributed by atoms with Crippen LogP contribution in [0.2, 0.25) is 0 Å². The van der Waals surface area contributed by atoms with Crippen LogP contribution in [0.25, 0.3) is 44.2 Å². The number of esters is 1. The molecule has 0 spiro atoms. The van der Waals surface area contributed by atoms with Crippen LogP contribution in [0.15, 0.2) is 54.9 Å². The number of fused-ring (bicyclic) bond motifs is 8. The first kappa shape index (κ1) is 42.5. The Kier molecular flexibility index (Phi) is 12.2. The number of aromatic nitrogens is 4. The fourth-order valence-corrected chi connectivity index (χ4v) is 8.93. The van der Waals surface area contributed by atoms with Gasteiger partial charge < -0.3 is 24.3 Å². The molecule has 3 aromatic heterocycles. The number of rotatable bonds is 8. The maximum absolute atomic E-state index is 14.6. The van der Waals surface area contributed by atoms with Gasteiger partial charge in [0.1, 0.15) is 18.1 Å². The number of carbonyl (C=O) groups excluding carboxylic acids is 4. The number of methoxy groups -OCH3 is 1. The van der Waals surface area contributed by atoms with Crippen molar-refractivity contribution in [3.8, 4) is 22.4 Å². The molecular formula is C46H58N8O6. The molecule has 0 unspecified atom stereocenters. The zero-order valence-electron chi connectivity index (χ0n) is 36.2. The number of amides is 3. The SMILES string of the molecule is CCn1c(-c2cccnc2[C@H](C)OC)c2c3cc(ccc31)-c1cc(c3cn[nH]c3c1)C[C@H](NC(=O)[C@H](C(C)C)N(C)C(C)=O)C(=O)N1CCC[C@H](N1)C(=O)OCC(C)(C)C2. The zero-order chi connectivity index (χ0) is 43.0. The number of aryl methyl sites for hydroxylation is 1. The molecule has 60 heavy (non-hydrogen) atoms. The lowest BCUT2D eigenvalue weighted by Crippen LogP contribution is -2.62. The molecule has 7 rings (SSSR count). The van der Waals surface area contributed by atoms with Crippen LogP contribution in [-0.4, -0.2) is 98.8 Å². The van der Waals surface area contributed by atoms with Crippen molar-refractivity contribution in [1.82, 2.24) is 40.4 Å². The summed E-state index contributed by atoms with van der Waals surface area (Å²) in [4.78, 5) is 61.4. The molecule has 3 amide bonds. The molecule has 2 aromatic carbocycles. The largest absolute Gasteiger partial charge is 0.464 e. The number of benzene rings is 2. The molecule has 0 aliphatic carbocycles. The molecule has 5 aromatic rings. The Morgan fingerprint density at radius 3 is 2.60 bits per heavy atom. The molecule has 2 aliphatic heterocycles. The van der Waals surface area contributed by atoms with Crippen LogP contribution in [0.1, 0.15) is 84.2 Å². The maximum Gasteiger partial charge on any atom is 0.324 e. The highest BCUT2D eigenvalue weighted by Crippen LogP contribution is 2.42. The first-order chi connectivity index (χ1) is 28.6. The van der Waals surface area contributed by atoms with E-state index in [2.05, 4.69) is 82.7 Å². The number of nitrogens with one attached hydrogen (secondary N) is 3. The topological polar surface area (TPSA) is 164 Å². The number of pyridine rings is 1. The summed E-state index contributed by atoms with van der Waals surface area (Å²) in [5, 5.41) is 13.9. The first-order valence-electron chi connectivity index (χ1n) is 21.0. The molecule has 2 aliphatic rings. The highest BCUT2D eigenvalue weighted by molar-refractivity contribution is 5.97. The van der Waals surface area contributed by atoms with Crippen LogP contribution in [0.5, 0.6) is 0 Å². The summed E-state index contributed by atoms with van der Waals surface area (Å²) >= 11 is 0. The monoisotopic (exact) mass is 818 g/mol. The average molecular weight is 819 g/mol. The van der Waals surface area contributed by atoms with Crippen LogP contribution >= 0.6 is 0 Å². The van der Waals surface area contributed by atoms with E-state index >= 15 is 0 Å². The van der Waals surface area contributed by atoms with Crippen molar-refractivity contribution >= 4 is 45.5 Å². The van der Waals surface area contributed by atoms with Crippen LogP contribution in [0.4, 0.5) is 0 Å². The summed E-state index contributed by atoms with van der Waals surface area (Å²) in [6.07, 6.45) is 5.02. The van der Waals surface area contributed by atoms with E-state index < -0.39 is 41.3 Å². The summed E-state index contributed by atoms with van der Waals surface area (Å²) in [7, 11) is 3.28. The van der Waals surface area contributed by atoms with E-state index in [-0.39, 0.29) is 31.0 Å². The number of cyclic esters (lactones) is 1. The van der Waals surface area contributed by atoms with E-state index in [1.165, 1.54) is 16.8 Å². The summed E-state index contributed by atoms with van der Waals surface area (Å²) in [6.45, 7) is 14.7. The lowest BCUT2D eigenvalue weighted by atomic mass is 9.84. The Morgan fingerprint density at radius 2 is 1.88 bits per heavy atom. The molecule has 3 N–H and O–H groups in total. The lowest BCUT2D eigenvalue weighted by Gasteiger charge is -2.36. The van der Waals surface area contributed by atoms with Gasteiger partial charge in [0.05, 0.1) is 35.8 Å². The second kappa shape index (κ2) is 17.2. The van der Waals surface area contributed by atoms with Gasteiger partial charge in [0.2, 0.25) is 11.8 Å². The van der Waals surface area contributed by atoms with Crippen molar-refractivity contribution in [3.05, 3.63) is 71.7 Å².